The van der Waals surface area contributed by atoms with Gasteiger partial charge in [-0.2, -0.15) is 0 Å². The van der Waals surface area contributed by atoms with Crippen LogP contribution in [0.4, 0.5) is 11.4 Å². The molecule has 0 spiro atoms. The van der Waals surface area contributed by atoms with Crippen LogP contribution < -0.4 is 4.98 Å². The van der Waals surface area contributed by atoms with Crippen molar-refractivity contribution in [1.29, 1.82) is 0 Å². The van der Waals surface area contributed by atoms with Gasteiger partial charge in [-0.05, 0) is 63.8 Å². The first-order valence-electron chi connectivity index (χ1n) is 9.51. The Morgan fingerprint density at radius 1 is 0.667 bits per heavy atom. The van der Waals surface area contributed by atoms with Gasteiger partial charge in [-0.1, -0.05) is 48.5 Å². The second-order valence-corrected chi connectivity index (χ2v) is 16.5. The summed E-state index contributed by atoms with van der Waals surface area (Å²) < 4.78 is 0. The molecular weight excluding hydrogens is 640 g/mol. The molecule has 0 saturated carbocycles. The molecule has 0 amide bonds. The Bertz CT molecular complexity index is 946. The van der Waals surface area contributed by atoms with Crippen LogP contribution in [0.3, 0.4) is 0 Å². The quantitative estimate of drug-likeness (QED) is 0.159. The Kier molecular flexibility index (Phi) is 10.3. The van der Waals surface area contributed by atoms with Crippen LogP contribution in [0.25, 0.3) is 0 Å². The summed E-state index contributed by atoms with van der Waals surface area (Å²) in [5, 5.41) is 0. The number of aryl methyl sites for hydroxylation is 4. The summed E-state index contributed by atoms with van der Waals surface area (Å²) >= 11 is 4.55. The molecule has 0 aliphatic rings. The summed E-state index contributed by atoms with van der Waals surface area (Å²) in [6, 6.07) is 16.5. The molecule has 2 aromatic carbocycles. The summed E-state index contributed by atoms with van der Waals surface area (Å²) in [6.07, 6.45) is 0. The van der Waals surface area contributed by atoms with Crippen LogP contribution in [-0.4, -0.2) is 11.4 Å². The monoisotopic (exact) mass is 666 g/mol. The molecule has 0 saturated heterocycles. The van der Waals surface area contributed by atoms with Crippen molar-refractivity contribution in [1.82, 2.24) is 4.98 Å². The van der Waals surface area contributed by atoms with Crippen molar-refractivity contribution in [2.75, 3.05) is 0 Å². The molecule has 3 rings (SSSR count). The summed E-state index contributed by atoms with van der Waals surface area (Å²) in [4.78, 5) is 14.4. The number of para-hydroxylation sites is 2. The summed E-state index contributed by atoms with van der Waals surface area (Å²) in [5.74, 6) is 0. The van der Waals surface area contributed by atoms with Gasteiger partial charge in [0.2, 0.25) is 0 Å². The number of halogens is 2. The normalized spacial score (nSPS) is 11.9. The van der Waals surface area contributed by atoms with Crippen molar-refractivity contribution in [2.24, 2.45) is 9.98 Å². The molecule has 6 heteroatoms. The number of benzene rings is 2. The standard InChI is InChI=1S/C24H26N3.Fe.2HI/c1-15-9-7-10-16(2)23(15)25-19(5)21-13-14-22(27-21)20(6)26-24-17(3)11-8-12-18(24)4;;;/h7-14H,1-6H3;;2*1H/q-1;+3;;/p-2. The molecule has 3 aromatic rings. The predicted octanol–water partition coefficient (Wildman–Crippen LogP) is 7.93. The first kappa shape index (κ1) is 25.3. The van der Waals surface area contributed by atoms with E-state index in [0.717, 1.165) is 34.2 Å². The molecule has 3 nitrogen and oxygen atoms in total. The molecule has 0 radical (unpaired) electrons. The summed E-state index contributed by atoms with van der Waals surface area (Å²) in [5.41, 5.74) is 10.4. The van der Waals surface area contributed by atoms with Crippen LogP contribution in [0.15, 0.2) is 58.5 Å². The molecule has 0 fully saturated rings. The van der Waals surface area contributed by atoms with Crippen LogP contribution in [0.5, 0.6) is 0 Å². The average Bonchev–Trinajstić information content (AvgIpc) is 3.19. The van der Waals surface area contributed by atoms with E-state index < -0.39 is 0 Å². The van der Waals surface area contributed by atoms with Crippen molar-refractivity contribution in [3.05, 3.63) is 82.2 Å². The molecular formula is C24H26FeI2N3. The number of hydrogen-bond donors (Lipinski definition) is 0. The fraction of sp³-hybridized carbons (Fsp3) is 0.250. The van der Waals surface area contributed by atoms with Crippen molar-refractivity contribution in [3.63, 3.8) is 0 Å². The van der Waals surface area contributed by atoms with Crippen LogP contribution in [-0.2, 0) is 8.46 Å². The number of aliphatic imine (C=N–C) groups is 2. The maximum atomic E-state index is 4.83. The molecule has 0 unspecified atom stereocenters. The topological polar surface area (TPSA) is 38.8 Å². The van der Waals surface area contributed by atoms with Gasteiger partial charge in [-0.15, -0.1) is 11.4 Å². The molecule has 159 valence electrons. The average molecular weight is 666 g/mol. The zero-order chi connectivity index (χ0) is 22.3. The van der Waals surface area contributed by atoms with E-state index in [1.54, 1.807) is 0 Å². The molecule has 0 aliphatic carbocycles. The molecule has 1 aromatic heterocycles. The van der Waals surface area contributed by atoms with Gasteiger partial charge in [0, 0.05) is 11.4 Å². The van der Waals surface area contributed by atoms with Crippen molar-refractivity contribution < 1.29 is 8.46 Å². The number of hydrogen-bond acceptors (Lipinski definition) is 2. The number of nitrogens with zero attached hydrogens (tertiary/aromatic N) is 3. The van der Waals surface area contributed by atoms with Gasteiger partial charge in [-0.25, -0.2) is 0 Å². The van der Waals surface area contributed by atoms with E-state index in [2.05, 4.69) is 105 Å². The van der Waals surface area contributed by atoms with Gasteiger partial charge in [0.1, 0.15) is 0 Å². The zero-order valence-corrected chi connectivity index (χ0v) is 23.5. The van der Waals surface area contributed by atoms with Crippen molar-refractivity contribution >= 4 is 63.5 Å². The molecule has 1 heterocycles. The van der Waals surface area contributed by atoms with Crippen LogP contribution >= 0.6 is 40.7 Å². The SMILES string of the molecule is CC(=Nc1c(C)cccc1C)c1ccc(C(C)=Nc2c(C)cccc2C)[n-]1.[I][Fe+][I]. The van der Waals surface area contributed by atoms with E-state index in [0.29, 0.717) is 0 Å². The molecule has 0 N–H and O–H groups in total. The Hall–Kier alpha value is -0.961. The van der Waals surface area contributed by atoms with Gasteiger partial charge in [0.15, 0.2) is 0 Å². The minimum absolute atomic E-state index is 0.892. The van der Waals surface area contributed by atoms with E-state index in [-0.39, 0.29) is 0 Å². The number of aromatic nitrogens is 1. The molecule has 30 heavy (non-hydrogen) atoms. The molecule has 0 aliphatic heterocycles. The van der Waals surface area contributed by atoms with E-state index in [4.69, 9.17) is 15.0 Å². The predicted molar refractivity (Wildman–Crippen MR) is 143 cm³/mol. The minimum atomic E-state index is 0.892. The molecule has 0 bridgehead atoms. The third-order valence-electron chi connectivity index (χ3n) is 4.82. The Morgan fingerprint density at radius 2 is 0.967 bits per heavy atom. The van der Waals surface area contributed by atoms with Crippen LogP contribution in [0, 0.1) is 27.7 Å². The van der Waals surface area contributed by atoms with Gasteiger partial charge in [0.25, 0.3) is 0 Å². The van der Waals surface area contributed by atoms with Crippen molar-refractivity contribution in [3.8, 4) is 0 Å². The Balaban J connectivity index is 0.00000101. The maximum absolute atomic E-state index is 4.83. The van der Waals surface area contributed by atoms with Gasteiger partial charge in [-0.3, -0.25) is 9.98 Å². The zero-order valence-electron chi connectivity index (χ0n) is 18.1. The van der Waals surface area contributed by atoms with Gasteiger partial charge < -0.3 is 4.98 Å². The second-order valence-electron chi connectivity index (χ2n) is 7.14. The van der Waals surface area contributed by atoms with Crippen molar-refractivity contribution in [2.45, 2.75) is 41.5 Å². The van der Waals surface area contributed by atoms with Crippen LogP contribution in [0.2, 0.25) is 0 Å². The van der Waals surface area contributed by atoms with E-state index in [9.17, 15) is 0 Å². The van der Waals surface area contributed by atoms with E-state index in [1.807, 2.05) is 26.0 Å². The van der Waals surface area contributed by atoms with E-state index >= 15 is 0 Å². The van der Waals surface area contributed by atoms with Gasteiger partial charge in [0.05, 0.1) is 11.4 Å². The van der Waals surface area contributed by atoms with E-state index in [1.165, 1.54) is 30.7 Å². The van der Waals surface area contributed by atoms with Gasteiger partial charge >= 0.3 is 49.1 Å². The first-order chi connectivity index (χ1) is 14.3. The van der Waals surface area contributed by atoms with Crippen LogP contribution in [0.1, 0.15) is 47.5 Å². The Morgan fingerprint density at radius 3 is 1.27 bits per heavy atom. The third kappa shape index (κ3) is 6.77. The third-order valence-corrected chi connectivity index (χ3v) is 4.82. The first-order valence-corrected chi connectivity index (χ1v) is 16.6. The fourth-order valence-electron chi connectivity index (χ4n) is 3.18. The summed E-state index contributed by atoms with van der Waals surface area (Å²) in [7, 11) is 1.19. The fourth-order valence-corrected chi connectivity index (χ4v) is 3.18. The molecule has 0 atom stereocenters. The second kappa shape index (κ2) is 12.2. The Labute approximate surface area is 208 Å². The number of rotatable bonds is 4. The summed E-state index contributed by atoms with van der Waals surface area (Å²) in [6.45, 7) is 12.4.